The molecule has 0 amide bonds. The lowest BCUT2D eigenvalue weighted by atomic mass is 10.2. The summed E-state index contributed by atoms with van der Waals surface area (Å²) in [6.07, 6.45) is 4.67. The first kappa shape index (κ1) is 18.4. The average Bonchev–Trinajstić information content (AvgIpc) is 2.66. The van der Waals surface area contributed by atoms with Crippen molar-refractivity contribution in [3.05, 3.63) is 103 Å². The maximum Gasteiger partial charge on any atom is 0.126 e. The smallest absolute Gasteiger partial charge is 0.0859 e. The van der Waals surface area contributed by atoms with Gasteiger partial charge in [0.25, 0.3) is 0 Å². The second-order valence-corrected chi connectivity index (χ2v) is 12.8. The molecular weight excluding hydrogens is 328 g/mol. The Morgan fingerprint density at radius 3 is 1.50 bits per heavy atom. The summed E-state index contributed by atoms with van der Waals surface area (Å²) in [6, 6.07) is 34.0. The van der Waals surface area contributed by atoms with Crippen LogP contribution < -0.4 is 10.4 Å². The summed E-state index contributed by atoms with van der Waals surface area (Å²) >= 11 is 0. The van der Waals surface area contributed by atoms with Crippen LogP contribution in [0.5, 0.6) is 0 Å². The quantitative estimate of drug-likeness (QED) is 0.510. The van der Waals surface area contributed by atoms with Crippen LogP contribution in [-0.4, -0.2) is 8.07 Å². The Hall–Kier alpha value is -2.38. The van der Waals surface area contributed by atoms with E-state index in [1.807, 2.05) is 0 Å². The zero-order valence-corrected chi connectivity index (χ0v) is 17.0. The first-order valence-corrected chi connectivity index (χ1v) is 11.6. The summed E-state index contributed by atoms with van der Waals surface area (Å²) in [6.45, 7) is 7.24. The lowest BCUT2D eigenvalue weighted by Crippen LogP contribution is -2.63. The highest BCUT2D eigenvalue weighted by Crippen LogP contribution is 2.38. The van der Waals surface area contributed by atoms with Gasteiger partial charge in [-0.25, -0.2) is 0 Å². The molecule has 0 heterocycles. The maximum absolute atomic E-state index is 2.41. The van der Waals surface area contributed by atoms with E-state index in [2.05, 4.69) is 124 Å². The minimum Gasteiger partial charge on any atom is -0.0859 e. The molecule has 0 N–H and O–H groups in total. The summed E-state index contributed by atoms with van der Waals surface area (Å²) in [5.74, 6) is 0. The van der Waals surface area contributed by atoms with Crippen LogP contribution in [-0.2, 0) is 0 Å². The number of hydrogen-bond donors (Lipinski definition) is 0. The van der Waals surface area contributed by atoms with E-state index in [4.69, 9.17) is 0 Å². The van der Waals surface area contributed by atoms with Gasteiger partial charge in [0.1, 0.15) is 8.07 Å². The molecule has 0 fully saturated rings. The van der Waals surface area contributed by atoms with Gasteiger partial charge >= 0.3 is 0 Å². The molecule has 3 aromatic carbocycles. The van der Waals surface area contributed by atoms with Crippen LogP contribution in [0.15, 0.2) is 97.1 Å². The molecule has 0 spiro atoms. The average molecular weight is 357 g/mol. The Bertz CT molecular complexity index is 788. The fourth-order valence-corrected chi connectivity index (χ4v) is 9.10. The summed E-state index contributed by atoms with van der Waals surface area (Å²) in [7, 11) is -1.99. The summed E-state index contributed by atoms with van der Waals surface area (Å²) in [5.41, 5.74) is 1.27. The standard InChI is InChI=1S/C25H28Si/c1-25(2,3)26(23-17-9-5-10-18-23,24-19-11-6-12-20-24)21-13-16-22-14-7-4-8-15-22/h4-20H,21H2,1-3H3/b16-13+. The monoisotopic (exact) mass is 356 g/mol. The van der Waals surface area contributed by atoms with Crippen LogP contribution in [0.25, 0.3) is 6.08 Å². The van der Waals surface area contributed by atoms with E-state index in [1.54, 1.807) is 0 Å². The van der Waals surface area contributed by atoms with Gasteiger partial charge < -0.3 is 0 Å². The normalized spacial score (nSPS) is 12.4. The predicted octanol–water partition coefficient (Wildman–Crippen LogP) is 5.76. The van der Waals surface area contributed by atoms with Crippen LogP contribution in [0, 0.1) is 0 Å². The van der Waals surface area contributed by atoms with Gasteiger partial charge in [0.05, 0.1) is 0 Å². The lowest BCUT2D eigenvalue weighted by Gasteiger charge is -2.43. The Morgan fingerprint density at radius 2 is 1.08 bits per heavy atom. The highest BCUT2D eigenvalue weighted by atomic mass is 28.3. The second-order valence-electron chi connectivity index (χ2n) is 7.90. The Morgan fingerprint density at radius 1 is 0.654 bits per heavy atom. The van der Waals surface area contributed by atoms with Crippen molar-refractivity contribution in [2.75, 3.05) is 0 Å². The van der Waals surface area contributed by atoms with Gasteiger partial charge in [-0.05, 0) is 16.6 Å². The van der Waals surface area contributed by atoms with Crippen LogP contribution in [0.2, 0.25) is 11.1 Å². The van der Waals surface area contributed by atoms with Crippen molar-refractivity contribution in [3.8, 4) is 0 Å². The van der Waals surface area contributed by atoms with Gasteiger partial charge in [0.15, 0.2) is 0 Å². The van der Waals surface area contributed by atoms with E-state index in [9.17, 15) is 0 Å². The van der Waals surface area contributed by atoms with Crippen molar-refractivity contribution >= 4 is 24.5 Å². The molecule has 0 atom stereocenters. The van der Waals surface area contributed by atoms with Crippen LogP contribution in [0.3, 0.4) is 0 Å². The van der Waals surface area contributed by atoms with Crippen molar-refractivity contribution in [2.24, 2.45) is 0 Å². The molecule has 0 bridgehead atoms. The fraction of sp³-hybridized carbons (Fsp3) is 0.200. The highest BCUT2D eigenvalue weighted by molar-refractivity contribution is 7.04. The van der Waals surface area contributed by atoms with Crippen molar-refractivity contribution in [2.45, 2.75) is 31.9 Å². The summed E-state index contributed by atoms with van der Waals surface area (Å²) in [4.78, 5) is 0. The molecule has 0 aliphatic carbocycles. The highest BCUT2D eigenvalue weighted by Gasteiger charge is 2.46. The molecule has 0 radical (unpaired) electrons. The predicted molar refractivity (Wildman–Crippen MR) is 118 cm³/mol. The second kappa shape index (κ2) is 7.88. The van der Waals surface area contributed by atoms with E-state index in [0.717, 1.165) is 6.04 Å². The molecule has 0 saturated heterocycles. The third-order valence-electron chi connectivity index (χ3n) is 5.35. The van der Waals surface area contributed by atoms with E-state index >= 15 is 0 Å². The van der Waals surface area contributed by atoms with Crippen molar-refractivity contribution in [1.82, 2.24) is 0 Å². The third kappa shape index (κ3) is 3.73. The maximum atomic E-state index is 2.41. The summed E-state index contributed by atoms with van der Waals surface area (Å²) < 4.78 is 0. The SMILES string of the molecule is CC(C)(C)[Si](C/C=C/c1ccccc1)(c1ccccc1)c1ccccc1. The first-order valence-electron chi connectivity index (χ1n) is 9.37. The van der Waals surface area contributed by atoms with E-state index in [0.29, 0.717) is 0 Å². The Labute approximate surface area is 159 Å². The largest absolute Gasteiger partial charge is 0.126 e. The molecule has 0 nitrogen and oxygen atoms in total. The topological polar surface area (TPSA) is 0 Å². The summed E-state index contributed by atoms with van der Waals surface area (Å²) in [5, 5.41) is 3.23. The van der Waals surface area contributed by atoms with E-state index in [-0.39, 0.29) is 5.04 Å². The third-order valence-corrected chi connectivity index (χ3v) is 11.4. The van der Waals surface area contributed by atoms with Gasteiger partial charge in [-0.15, -0.1) is 0 Å². The van der Waals surface area contributed by atoms with Gasteiger partial charge in [-0.2, -0.15) is 0 Å². The van der Waals surface area contributed by atoms with Crippen molar-refractivity contribution in [3.63, 3.8) is 0 Å². The number of allylic oxidation sites excluding steroid dienone is 1. The molecule has 0 aliphatic rings. The number of benzene rings is 3. The molecule has 3 aromatic rings. The van der Waals surface area contributed by atoms with Crippen LogP contribution in [0.1, 0.15) is 26.3 Å². The molecule has 26 heavy (non-hydrogen) atoms. The molecule has 0 aliphatic heterocycles. The Kier molecular flexibility index (Phi) is 5.58. The van der Waals surface area contributed by atoms with Crippen LogP contribution >= 0.6 is 0 Å². The van der Waals surface area contributed by atoms with E-state index in [1.165, 1.54) is 15.9 Å². The number of hydrogen-bond acceptors (Lipinski definition) is 0. The molecular formula is C25H28Si. The number of rotatable bonds is 5. The fourth-order valence-electron chi connectivity index (χ4n) is 3.96. The molecule has 132 valence electrons. The molecule has 1 heteroatoms. The van der Waals surface area contributed by atoms with Crippen LogP contribution in [0.4, 0.5) is 0 Å². The van der Waals surface area contributed by atoms with Gasteiger partial charge in [0.2, 0.25) is 0 Å². The first-order chi connectivity index (χ1) is 12.5. The molecule has 0 aromatic heterocycles. The van der Waals surface area contributed by atoms with Crippen molar-refractivity contribution in [1.29, 1.82) is 0 Å². The van der Waals surface area contributed by atoms with Gasteiger partial charge in [-0.1, -0.05) is 134 Å². The van der Waals surface area contributed by atoms with Gasteiger partial charge in [0, 0.05) is 0 Å². The molecule has 3 rings (SSSR count). The molecule has 0 unspecified atom stereocenters. The lowest BCUT2D eigenvalue weighted by molar-refractivity contribution is 0.730. The zero-order valence-electron chi connectivity index (χ0n) is 16.0. The minimum absolute atomic E-state index is 0.205. The van der Waals surface area contributed by atoms with E-state index < -0.39 is 8.07 Å². The van der Waals surface area contributed by atoms with Gasteiger partial charge in [-0.3, -0.25) is 0 Å². The Balaban J connectivity index is 2.10. The zero-order chi connectivity index (χ0) is 18.5. The molecule has 0 saturated carbocycles. The van der Waals surface area contributed by atoms with Crippen molar-refractivity contribution < 1.29 is 0 Å². The minimum atomic E-state index is -1.99.